The largest absolute Gasteiger partial charge is 0.496 e. The third-order valence-electron chi connectivity index (χ3n) is 4.77. The molecule has 6 nitrogen and oxygen atoms in total. The number of imidazole rings is 1. The van der Waals surface area contributed by atoms with E-state index in [4.69, 9.17) is 9.47 Å². The lowest BCUT2D eigenvalue weighted by Crippen LogP contribution is -2.31. The van der Waals surface area contributed by atoms with Crippen molar-refractivity contribution in [3.63, 3.8) is 0 Å². The van der Waals surface area contributed by atoms with E-state index in [1.54, 1.807) is 13.3 Å². The molecule has 2 aromatic carbocycles. The van der Waals surface area contributed by atoms with Crippen molar-refractivity contribution in [1.29, 1.82) is 0 Å². The second kappa shape index (κ2) is 9.78. The number of hydrogen-bond acceptors (Lipinski definition) is 4. The van der Waals surface area contributed by atoms with Crippen molar-refractivity contribution < 1.29 is 14.3 Å². The van der Waals surface area contributed by atoms with Crippen LogP contribution < -0.4 is 14.8 Å². The summed E-state index contributed by atoms with van der Waals surface area (Å²) in [4.78, 5) is 17.3. The zero-order valence-electron chi connectivity index (χ0n) is 17.1. The predicted molar refractivity (Wildman–Crippen MR) is 112 cm³/mol. The first-order valence-electron chi connectivity index (χ1n) is 9.74. The van der Waals surface area contributed by atoms with Crippen LogP contribution in [0.25, 0.3) is 0 Å². The number of para-hydroxylation sites is 2. The van der Waals surface area contributed by atoms with E-state index in [0.717, 1.165) is 22.7 Å². The van der Waals surface area contributed by atoms with Gasteiger partial charge in [-0.05, 0) is 31.0 Å². The van der Waals surface area contributed by atoms with Crippen LogP contribution in [0.2, 0.25) is 0 Å². The fourth-order valence-electron chi connectivity index (χ4n) is 3.33. The van der Waals surface area contributed by atoms with E-state index in [1.807, 2.05) is 73.3 Å². The smallest absolute Gasteiger partial charge is 0.221 e. The second-order valence-corrected chi connectivity index (χ2v) is 6.68. The highest BCUT2D eigenvalue weighted by Crippen LogP contribution is 2.29. The molecule has 0 saturated heterocycles. The molecule has 0 aliphatic carbocycles. The Balaban J connectivity index is 1.78. The Hall–Kier alpha value is -3.28. The summed E-state index contributed by atoms with van der Waals surface area (Å²) in [6.45, 7) is 2.55. The monoisotopic (exact) mass is 393 g/mol. The van der Waals surface area contributed by atoms with Gasteiger partial charge in [-0.1, -0.05) is 36.4 Å². The van der Waals surface area contributed by atoms with Gasteiger partial charge in [-0.2, -0.15) is 0 Å². The molecular weight excluding hydrogens is 366 g/mol. The molecule has 6 heteroatoms. The Kier molecular flexibility index (Phi) is 6.89. The van der Waals surface area contributed by atoms with Gasteiger partial charge in [-0.25, -0.2) is 4.98 Å². The maximum atomic E-state index is 12.8. The second-order valence-electron chi connectivity index (χ2n) is 6.68. The van der Waals surface area contributed by atoms with Crippen LogP contribution in [0.3, 0.4) is 0 Å². The number of methoxy groups -OCH3 is 1. The quantitative estimate of drug-likeness (QED) is 0.602. The van der Waals surface area contributed by atoms with Crippen molar-refractivity contribution in [2.75, 3.05) is 13.7 Å². The summed E-state index contributed by atoms with van der Waals surface area (Å²) in [7, 11) is 3.54. The minimum Gasteiger partial charge on any atom is -0.496 e. The molecule has 1 amide bonds. The van der Waals surface area contributed by atoms with Crippen LogP contribution in [0.1, 0.15) is 36.3 Å². The minimum atomic E-state index is -0.402. The summed E-state index contributed by atoms with van der Waals surface area (Å²) in [5.74, 6) is 2.23. The molecule has 0 bridgehead atoms. The molecule has 0 aliphatic heterocycles. The van der Waals surface area contributed by atoms with Gasteiger partial charge in [-0.15, -0.1) is 0 Å². The average molecular weight is 393 g/mol. The first-order valence-corrected chi connectivity index (χ1v) is 9.74. The summed E-state index contributed by atoms with van der Waals surface area (Å²) in [6.07, 6.45) is 4.53. The lowest BCUT2D eigenvalue weighted by atomic mass is 10.0. The fourth-order valence-corrected chi connectivity index (χ4v) is 3.33. The number of ether oxygens (including phenoxy) is 2. The molecule has 0 spiro atoms. The first kappa shape index (κ1) is 20.5. The highest BCUT2D eigenvalue weighted by Gasteiger charge is 2.23. The Morgan fingerprint density at radius 3 is 2.55 bits per heavy atom. The van der Waals surface area contributed by atoms with E-state index in [2.05, 4.69) is 10.3 Å². The number of nitrogens with one attached hydrogen (secondary N) is 1. The van der Waals surface area contributed by atoms with Crippen LogP contribution in [0.5, 0.6) is 11.5 Å². The van der Waals surface area contributed by atoms with Gasteiger partial charge < -0.3 is 19.4 Å². The topological polar surface area (TPSA) is 65.4 Å². The standard InChI is InChI=1S/C23H27N3O3/c1-4-29-19-11-7-5-9-17(19)13-14-21(27)25-22(23-24-15-16-26(23)2)18-10-6-8-12-20(18)28-3/h5-12,15-16,22H,4,13-14H2,1-3H3,(H,25,27). The predicted octanol–water partition coefficient (Wildman–Crippen LogP) is 3.67. The number of rotatable bonds is 9. The van der Waals surface area contributed by atoms with Gasteiger partial charge >= 0.3 is 0 Å². The summed E-state index contributed by atoms with van der Waals surface area (Å²) in [5.41, 5.74) is 1.89. The van der Waals surface area contributed by atoms with Crippen molar-refractivity contribution in [3.05, 3.63) is 77.9 Å². The Labute approximate surface area is 171 Å². The van der Waals surface area contributed by atoms with Gasteiger partial charge in [0.2, 0.25) is 5.91 Å². The van der Waals surface area contributed by atoms with Gasteiger partial charge in [0.15, 0.2) is 0 Å². The number of hydrogen-bond donors (Lipinski definition) is 1. The van der Waals surface area contributed by atoms with Crippen molar-refractivity contribution in [1.82, 2.24) is 14.9 Å². The first-order chi connectivity index (χ1) is 14.1. The molecule has 152 valence electrons. The zero-order chi connectivity index (χ0) is 20.6. The maximum Gasteiger partial charge on any atom is 0.221 e. The summed E-state index contributed by atoms with van der Waals surface area (Å²) < 4.78 is 13.1. The van der Waals surface area contributed by atoms with Crippen LogP contribution in [-0.2, 0) is 18.3 Å². The third-order valence-corrected chi connectivity index (χ3v) is 4.77. The van der Waals surface area contributed by atoms with Gasteiger partial charge in [-0.3, -0.25) is 4.79 Å². The molecule has 0 fully saturated rings. The molecule has 0 radical (unpaired) electrons. The minimum absolute atomic E-state index is 0.0600. The van der Waals surface area contributed by atoms with Crippen LogP contribution in [0.15, 0.2) is 60.9 Å². The number of carbonyl (C=O) groups excluding carboxylic acids is 1. The molecule has 3 rings (SSSR count). The van der Waals surface area contributed by atoms with E-state index in [9.17, 15) is 4.79 Å². The molecule has 1 heterocycles. The number of aromatic nitrogens is 2. The van der Waals surface area contributed by atoms with Crippen LogP contribution in [0.4, 0.5) is 0 Å². The number of aryl methyl sites for hydroxylation is 2. The van der Waals surface area contributed by atoms with E-state index in [0.29, 0.717) is 25.2 Å². The number of amides is 1. The van der Waals surface area contributed by atoms with Crippen LogP contribution in [0, 0.1) is 0 Å². The lowest BCUT2D eigenvalue weighted by molar-refractivity contribution is -0.121. The number of benzene rings is 2. The Morgan fingerprint density at radius 1 is 1.14 bits per heavy atom. The van der Waals surface area contributed by atoms with Gasteiger partial charge in [0.1, 0.15) is 23.4 Å². The zero-order valence-corrected chi connectivity index (χ0v) is 17.1. The van der Waals surface area contributed by atoms with Crippen LogP contribution >= 0.6 is 0 Å². The van der Waals surface area contributed by atoms with Gasteiger partial charge in [0.25, 0.3) is 0 Å². The molecule has 0 aliphatic rings. The summed E-state index contributed by atoms with van der Waals surface area (Å²) >= 11 is 0. The fraction of sp³-hybridized carbons (Fsp3) is 0.304. The lowest BCUT2D eigenvalue weighted by Gasteiger charge is -2.21. The normalized spacial score (nSPS) is 11.7. The molecule has 1 N–H and O–H groups in total. The van der Waals surface area contributed by atoms with E-state index in [1.165, 1.54) is 0 Å². The molecule has 1 aromatic heterocycles. The van der Waals surface area contributed by atoms with Crippen molar-refractivity contribution in [3.8, 4) is 11.5 Å². The van der Waals surface area contributed by atoms with Crippen molar-refractivity contribution in [2.24, 2.45) is 7.05 Å². The van der Waals surface area contributed by atoms with E-state index < -0.39 is 6.04 Å². The van der Waals surface area contributed by atoms with E-state index >= 15 is 0 Å². The number of nitrogens with zero attached hydrogens (tertiary/aromatic N) is 2. The highest BCUT2D eigenvalue weighted by molar-refractivity contribution is 5.77. The molecule has 0 saturated carbocycles. The van der Waals surface area contributed by atoms with Crippen molar-refractivity contribution in [2.45, 2.75) is 25.8 Å². The van der Waals surface area contributed by atoms with Crippen LogP contribution in [-0.4, -0.2) is 29.2 Å². The highest BCUT2D eigenvalue weighted by atomic mass is 16.5. The Bertz CT molecular complexity index is 952. The van der Waals surface area contributed by atoms with E-state index in [-0.39, 0.29) is 5.91 Å². The van der Waals surface area contributed by atoms with Gasteiger partial charge in [0, 0.05) is 31.4 Å². The maximum absolute atomic E-state index is 12.8. The number of carbonyl (C=O) groups is 1. The summed E-state index contributed by atoms with van der Waals surface area (Å²) in [5, 5.41) is 3.13. The van der Waals surface area contributed by atoms with Gasteiger partial charge in [0.05, 0.1) is 13.7 Å². The SMILES string of the molecule is CCOc1ccccc1CCC(=O)NC(c1ccccc1OC)c1nccn1C. The molecule has 3 aromatic rings. The molecule has 1 atom stereocenters. The van der Waals surface area contributed by atoms with Crippen molar-refractivity contribution >= 4 is 5.91 Å². The summed E-state index contributed by atoms with van der Waals surface area (Å²) in [6, 6.07) is 15.1. The Morgan fingerprint density at radius 2 is 1.86 bits per heavy atom. The molecule has 29 heavy (non-hydrogen) atoms. The molecular formula is C23H27N3O3. The average Bonchev–Trinajstić information content (AvgIpc) is 3.17. The molecule has 1 unspecified atom stereocenters. The third kappa shape index (κ3) is 4.96.